The minimum Gasteiger partial charge on any atom is -0.337 e. The van der Waals surface area contributed by atoms with Crippen molar-refractivity contribution in [1.82, 2.24) is 9.80 Å². The number of amides is 1. The van der Waals surface area contributed by atoms with Crippen LogP contribution in [0.15, 0.2) is 0 Å². The summed E-state index contributed by atoms with van der Waals surface area (Å²) in [4.78, 5) is 16.4. The fraction of sp³-hybridized carbons (Fsp3) is 0.917. The smallest absolute Gasteiger partial charge is 0.223 e. The normalized spacial score (nSPS) is 30.1. The molecule has 1 atom stereocenters. The zero-order chi connectivity index (χ0) is 10.8. The minimum atomic E-state index is 0.399. The van der Waals surface area contributed by atoms with E-state index in [1.807, 2.05) is 0 Å². The summed E-state index contributed by atoms with van der Waals surface area (Å²) in [6, 6.07) is 1.06. The Labute approximate surface area is 92.4 Å². The van der Waals surface area contributed by atoms with Gasteiger partial charge in [-0.1, -0.05) is 6.92 Å². The lowest BCUT2D eigenvalue weighted by atomic mass is 10.0. The van der Waals surface area contributed by atoms with E-state index >= 15 is 0 Å². The van der Waals surface area contributed by atoms with Gasteiger partial charge in [-0.05, 0) is 45.8 Å². The fourth-order valence-corrected chi connectivity index (χ4v) is 2.94. The molecule has 2 heterocycles. The molecule has 2 rings (SSSR count). The largest absolute Gasteiger partial charge is 0.337 e. The quantitative estimate of drug-likeness (QED) is 0.689. The van der Waals surface area contributed by atoms with Crippen LogP contribution in [0.1, 0.15) is 39.0 Å². The molecule has 0 aliphatic carbocycles. The molecule has 2 saturated heterocycles. The van der Waals surface area contributed by atoms with Gasteiger partial charge in [0, 0.05) is 18.5 Å². The van der Waals surface area contributed by atoms with Gasteiger partial charge in [-0.2, -0.15) is 0 Å². The highest BCUT2D eigenvalue weighted by atomic mass is 16.2. The molecule has 2 aliphatic rings. The van der Waals surface area contributed by atoms with Gasteiger partial charge in [-0.15, -0.1) is 0 Å². The number of rotatable bonds is 2. The standard InChI is InChI=1S/C12H22N2O/c1-3-10-4-5-12(15)14(10)11-6-8-13(2)9-7-11/h10-11H,3-9H2,1-2H3/t10-/m0/s1. The summed E-state index contributed by atoms with van der Waals surface area (Å²) in [7, 11) is 2.17. The van der Waals surface area contributed by atoms with E-state index < -0.39 is 0 Å². The van der Waals surface area contributed by atoms with E-state index in [-0.39, 0.29) is 0 Å². The Morgan fingerprint density at radius 2 is 1.93 bits per heavy atom. The summed E-state index contributed by atoms with van der Waals surface area (Å²) in [5.41, 5.74) is 0. The third kappa shape index (κ3) is 2.17. The van der Waals surface area contributed by atoms with Crippen LogP contribution >= 0.6 is 0 Å². The van der Waals surface area contributed by atoms with Crippen molar-refractivity contribution in [3.05, 3.63) is 0 Å². The zero-order valence-corrected chi connectivity index (χ0v) is 9.91. The molecular weight excluding hydrogens is 188 g/mol. The highest BCUT2D eigenvalue weighted by Gasteiger charge is 2.35. The minimum absolute atomic E-state index is 0.399. The Kier molecular flexibility index (Phi) is 3.29. The van der Waals surface area contributed by atoms with E-state index in [1.165, 1.54) is 12.8 Å². The summed E-state index contributed by atoms with van der Waals surface area (Å²) >= 11 is 0. The Morgan fingerprint density at radius 3 is 2.53 bits per heavy atom. The number of carbonyl (C=O) groups excluding carboxylic acids is 1. The van der Waals surface area contributed by atoms with Crippen molar-refractivity contribution in [2.75, 3.05) is 20.1 Å². The van der Waals surface area contributed by atoms with Crippen molar-refractivity contribution in [2.45, 2.75) is 51.1 Å². The number of piperidine rings is 1. The number of carbonyl (C=O) groups is 1. The first-order valence-electron chi connectivity index (χ1n) is 6.22. The zero-order valence-electron chi connectivity index (χ0n) is 9.91. The SMILES string of the molecule is CC[C@H]1CCC(=O)N1C1CCN(C)CC1. The fourth-order valence-electron chi connectivity index (χ4n) is 2.94. The van der Waals surface area contributed by atoms with Gasteiger partial charge in [-0.3, -0.25) is 4.79 Å². The van der Waals surface area contributed by atoms with E-state index in [1.54, 1.807) is 0 Å². The predicted molar refractivity (Wildman–Crippen MR) is 60.7 cm³/mol. The molecule has 3 nitrogen and oxygen atoms in total. The molecule has 0 aromatic carbocycles. The predicted octanol–water partition coefficient (Wildman–Crippen LogP) is 1.48. The highest BCUT2D eigenvalue weighted by molar-refractivity contribution is 5.79. The third-order valence-corrected chi connectivity index (χ3v) is 3.93. The molecule has 0 bridgehead atoms. The topological polar surface area (TPSA) is 23.6 Å². The maximum Gasteiger partial charge on any atom is 0.223 e. The molecule has 2 aliphatic heterocycles. The second kappa shape index (κ2) is 4.52. The molecule has 0 spiro atoms. The monoisotopic (exact) mass is 210 g/mol. The maximum atomic E-state index is 11.8. The molecule has 2 fully saturated rings. The highest BCUT2D eigenvalue weighted by Crippen LogP contribution is 2.28. The van der Waals surface area contributed by atoms with Crippen molar-refractivity contribution in [2.24, 2.45) is 0 Å². The molecule has 1 amide bonds. The van der Waals surface area contributed by atoms with Gasteiger partial charge >= 0.3 is 0 Å². The molecule has 3 heteroatoms. The van der Waals surface area contributed by atoms with Crippen LogP contribution in [-0.2, 0) is 4.79 Å². The van der Waals surface area contributed by atoms with Crippen LogP contribution in [0.25, 0.3) is 0 Å². The Hall–Kier alpha value is -0.570. The average Bonchev–Trinajstić information content (AvgIpc) is 2.61. The van der Waals surface area contributed by atoms with Gasteiger partial charge in [-0.25, -0.2) is 0 Å². The van der Waals surface area contributed by atoms with Crippen LogP contribution in [0.2, 0.25) is 0 Å². The molecule has 0 saturated carbocycles. The van der Waals surface area contributed by atoms with E-state index in [2.05, 4.69) is 23.8 Å². The van der Waals surface area contributed by atoms with Crippen molar-refractivity contribution in [1.29, 1.82) is 0 Å². The van der Waals surface area contributed by atoms with Gasteiger partial charge in [0.15, 0.2) is 0 Å². The number of hydrogen-bond acceptors (Lipinski definition) is 2. The van der Waals surface area contributed by atoms with Gasteiger partial charge in [0.2, 0.25) is 5.91 Å². The lowest BCUT2D eigenvalue weighted by Gasteiger charge is -2.38. The van der Waals surface area contributed by atoms with Crippen LogP contribution in [0, 0.1) is 0 Å². The van der Waals surface area contributed by atoms with Gasteiger partial charge in [0.1, 0.15) is 0 Å². The number of hydrogen-bond donors (Lipinski definition) is 0. The third-order valence-electron chi connectivity index (χ3n) is 3.93. The van der Waals surface area contributed by atoms with Crippen LogP contribution in [0.5, 0.6) is 0 Å². The maximum absolute atomic E-state index is 11.8. The van der Waals surface area contributed by atoms with Crippen molar-refractivity contribution >= 4 is 5.91 Å². The lowest BCUT2D eigenvalue weighted by Crippen LogP contribution is -2.47. The van der Waals surface area contributed by atoms with Crippen LogP contribution in [0.3, 0.4) is 0 Å². The summed E-state index contributed by atoms with van der Waals surface area (Å²) in [6.45, 7) is 4.49. The Bertz CT molecular complexity index is 234. The van der Waals surface area contributed by atoms with Gasteiger partial charge < -0.3 is 9.80 Å². The Balaban J connectivity index is 1.99. The summed E-state index contributed by atoms with van der Waals surface area (Å²) < 4.78 is 0. The first-order chi connectivity index (χ1) is 7.22. The van der Waals surface area contributed by atoms with Crippen LogP contribution in [0.4, 0.5) is 0 Å². The van der Waals surface area contributed by atoms with E-state index in [4.69, 9.17) is 0 Å². The second-order valence-corrected chi connectivity index (χ2v) is 4.94. The van der Waals surface area contributed by atoms with Crippen LogP contribution in [-0.4, -0.2) is 47.9 Å². The first-order valence-corrected chi connectivity index (χ1v) is 6.22. The number of likely N-dealkylation sites (tertiary alicyclic amines) is 2. The molecule has 0 unspecified atom stereocenters. The summed E-state index contributed by atoms with van der Waals surface area (Å²) in [6.07, 6.45) is 5.32. The Morgan fingerprint density at radius 1 is 1.27 bits per heavy atom. The molecule has 15 heavy (non-hydrogen) atoms. The number of nitrogens with zero attached hydrogens (tertiary/aromatic N) is 2. The van der Waals surface area contributed by atoms with E-state index in [9.17, 15) is 4.79 Å². The molecule has 0 N–H and O–H groups in total. The van der Waals surface area contributed by atoms with Crippen LogP contribution < -0.4 is 0 Å². The average molecular weight is 210 g/mol. The second-order valence-electron chi connectivity index (χ2n) is 4.94. The molecule has 0 aromatic heterocycles. The van der Waals surface area contributed by atoms with Gasteiger partial charge in [0.05, 0.1) is 0 Å². The first kappa shape index (κ1) is 10.9. The lowest BCUT2D eigenvalue weighted by molar-refractivity contribution is -0.132. The van der Waals surface area contributed by atoms with Crippen molar-refractivity contribution in [3.8, 4) is 0 Å². The summed E-state index contributed by atoms with van der Waals surface area (Å²) in [5, 5.41) is 0. The summed E-state index contributed by atoms with van der Waals surface area (Å²) in [5.74, 6) is 0.399. The van der Waals surface area contributed by atoms with Crippen molar-refractivity contribution in [3.63, 3.8) is 0 Å². The van der Waals surface area contributed by atoms with Crippen molar-refractivity contribution < 1.29 is 4.79 Å². The molecule has 0 radical (unpaired) electrons. The van der Waals surface area contributed by atoms with E-state index in [0.717, 1.165) is 32.4 Å². The molecular formula is C12H22N2O. The molecule has 86 valence electrons. The van der Waals surface area contributed by atoms with Gasteiger partial charge in [0.25, 0.3) is 0 Å². The van der Waals surface area contributed by atoms with E-state index in [0.29, 0.717) is 18.0 Å². The molecule has 0 aromatic rings.